The second kappa shape index (κ2) is 5.01. The van der Waals surface area contributed by atoms with Crippen molar-refractivity contribution < 1.29 is 0 Å². The van der Waals surface area contributed by atoms with Crippen LogP contribution in [0.15, 0.2) is 30.3 Å². The van der Waals surface area contributed by atoms with Crippen LogP contribution in [0.2, 0.25) is 0 Å². The van der Waals surface area contributed by atoms with Crippen LogP contribution in [0.5, 0.6) is 0 Å². The number of benzene rings is 1. The number of likely N-dealkylation sites (tertiary alicyclic amines) is 1. The summed E-state index contributed by atoms with van der Waals surface area (Å²) in [7, 11) is 0. The van der Waals surface area contributed by atoms with E-state index in [1.807, 2.05) is 0 Å². The van der Waals surface area contributed by atoms with Gasteiger partial charge in [-0.1, -0.05) is 30.3 Å². The van der Waals surface area contributed by atoms with Gasteiger partial charge in [-0.3, -0.25) is 4.90 Å². The third kappa shape index (κ3) is 2.67. The van der Waals surface area contributed by atoms with E-state index in [0.717, 1.165) is 6.54 Å². The van der Waals surface area contributed by atoms with Crippen molar-refractivity contribution in [3.05, 3.63) is 35.9 Å². The molecule has 2 aliphatic heterocycles. The Bertz CT molecular complexity index is 360. The highest BCUT2D eigenvalue weighted by atomic mass is 32.2. The lowest BCUT2D eigenvalue weighted by Crippen LogP contribution is -2.51. The molecule has 0 aromatic heterocycles. The van der Waals surface area contributed by atoms with Gasteiger partial charge in [0.2, 0.25) is 0 Å². The van der Waals surface area contributed by atoms with Gasteiger partial charge in [0.1, 0.15) is 0 Å². The molecule has 2 fully saturated rings. The molecule has 3 rings (SSSR count). The first-order valence-corrected chi connectivity index (χ1v) is 7.50. The smallest absolute Gasteiger partial charge is 0.0775 e. The van der Waals surface area contributed by atoms with Gasteiger partial charge in [-0.2, -0.15) is 0 Å². The number of thioether (sulfide) groups is 1. The zero-order valence-corrected chi connectivity index (χ0v) is 11.0. The van der Waals surface area contributed by atoms with Crippen molar-refractivity contribution in [3.63, 3.8) is 0 Å². The fourth-order valence-corrected chi connectivity index (χ4v) is 4.28. The standard InChI is InChI=1S/C14H20N2S/c1-2-5-13(6-3-1)11-16-9-4-7-14(12-16)15-8-10-17-14/h1-3,5-6,15H,4,7-12H2. The highest BCUT2D eigenvalue weighted by Gasteiger charge is 2.38. The minimum Gasteiger partial charge on any atom is -0.301 e. The number of nitrogens with one attached hydrogen (secondary N) is 1. The van der Waals surface area contributed by atoms with Crippen molar-refractivity contribution in [1.29, 1.82) is 0 Å². The number of piperidine rings is 1. The summed E-state index contributed by atoms with van der Waals surface area (Å²) >= 11 is 2.13. The van der Waals surface area contributed by atoms with Gasteiger partial charge < -0.3 is 5.32 Å². The highest BCUT2D eigenvalue weighted by molar-refractivity contribution is 8.00. The van der Waals surface area contributed by atoms with Crippen LogP contribution in [0.25, 0.3) is 0 Å². The lowest BCUT2D eigenvalue weighted by Gasteiger charge is -2.40. The first-order chi connectivity index (χ1) is 8.36. The molecule has 1 aromatic rings. The van der Waals surface area contributed by atoms with Gasteiger partial charge in [-0.05, 0) is 24.9 Å². The molecule has 2 aliphatic rings. The molecule has 1 aromatic carbocycles. The van der Waals surface area contributed by atoms with Gasteiger partial charge in [0.05, 0.1) is 4.87 Å². The Labute approximate surface area is 108 Å². The first-order valence-electron chi connectivity index (χ1n) is 6.52. The summed E-state index contributed by atoms with van der Waals surface area (Å²) in [5.41, 5.74) is 1.44. The number of hydrogen-bond acceptors (Lipinski definition) is 3. The van der Waals surface area contributed by atoms with Crippen molar-refractivity contribution in [1.82, 2.24) is 10.2 Å². The minimum atomic E-state index is 0.368. The highest BCUT2D eigenvalue weighted by Crippen LogP contribution is 2.35. The van der Waals surface area contributed by atoms with Crippen molar-refractivity contribution in [2.75, 3.05) is 25.4 Å². The fraction of sp³-hybridized carbons (Fsp3) is 0.571. The van der Waals surface area contributed by atoms with E-state index in [-0.39, 0.29) is 0 Å². The molecule has 2 heterocycles. The van der Waals surface area contributed by atoms with Crippen LogP contribution in [-0.2, 0) is 6.54 Å². The van der Waals surface area contributed by atoms with Gasteiger partial charge >= 0.3 is 0 Å². The van der Waals surface area contributed by atoms with E-state index in [1.54, 1.807) is 0 Å². The van der Waals surface area contributed by atoms with Crippen LogP contribution in [-0.4, -0.2) is 35.2 Å². The summed E-state index contributed by atoms with van der Waals surface area (Å²) in [5, 5.41) is 3.71. The van der Waals surface area contributed by atoms with Crippen molar-refractivity contribution >= 4 is 11.8 Å². The van der Waals surface area contributed by atoms with E-state index in [9.17, 15) is 0 Å². The Morgan fingerprint density at radius 1 is 1.29 bits per heavy atom. The lowest BCUT2D eigenvalue weighted by molar-refractivity contribution is 0.173. The Hall–Kier alpha value is -0.510. The van der Waals surface area contributed by atoms with Crippen LogP contribution < -0.4 is 5.32 Å². The predicted molar refractivity (Wildman–Crippen MR) is 74.1 cm³/mol. The largest absolute Gasteiger partial charge is 0.301 e. The molecule has 1 unspecified atom stereocenters. The Kier molecular flexibility index (Phi) is 3.41. The Balaban J connectivity index is 1.64. The molecule has 1 N–H and O–H groups in total. The monoisotopic (exact) mass is 248 g/mol. The van der Waals surface area contributed by atoms with E-state index >= 15 is 0 Å². The van der Waals surface area contributed by atoms with Crippen molar-refractivity contribution in [2.45, 2.75) is 24.3 Å². The molecule has 2 nitrogen and oxygen atoms in total. The summed E-state index contributed by atoms with van der Waals surface area (Å²) in [6.45, 7) is 4.74. The number of nitrogens with zero attached hydrogens (tertiary/aromatic N) is 1. The maximum atomic E-state index is 3.71. The van der Waals surface area contributed by atoms with Gasteiger partial charge in [0, 0.05) is 25.4 Å². The van der Waals surface area contributed by atoms with Gasteiger partial charge in [-0.25, -0.2) is 0 Å². The zero-order chi connectivity index (χ0) is 11.6. The summed E-state index contributed by atoms with van der Waals surface area (Å²) in [6, 6.07) is 10.8. The maximum absolute atomic E-state index is 3.71. The van der Waals surface area contributed by atoms with E-state index in [4.69, 9.17) is 0 Å². The molecule has 3 heteroatoms. The molecular formula is C14H20N2S. The Morgan fingerprint density at radius 2 is 2.18 bits per heavy atom. The second-order valence-corrected chi connectivity index (χ2v) is 6.55. The second-order valence-electron chi connectivity index (χ2n) is 5.07. The molecule has 1 atom stereocenters. The minimum absolute atomic E-state index is 0.368. The predicted octanol–water partition coefficient (Wildman–Crippen LogP) is 2.32. The maximum Gasteiger partial charge on any atom is 0.0775 e. The molecule has 0 bridgehead atoms. The SMILES string of the molecule is c1ccc(CN2CCCC3(C2)NCCS3)cc1. The topological polar surface area (TPSA) is 15.3 Å². The van der Waals surface area contributed by atoms with Crippen LogP contribution in [0.4, 0.5) is 0 Å². The van der Waals surface area contributed by atoms with Crippen molar-refractivity contribution in [2.24, 2.45) is 0 Å². The van der Waals surface area contributed by atoms with E-state index in [1.165, 1.54) is 43.8 Å². The van der Waals surface area contributed by atoms with Crippen molar-refractivity contribution in [3.8, 4) is 0 Å². The summed E-state index contributed by atoms with van der Waals surface area (Å²) < 4.78 is 0. The van der Waals surface area contributed by atoms with Crippen LogP contribution in [0, 0.1) is 0 Å². The molecular weight excluding hydrogens is 228 g/mol. The number of hydrogen-bond donors (Lipinski definition) is 1. The molecule has 0 saturated carbocycles. The van der Waals surface area contributed by atoms with Gasteiger partial charge in [0.15, 0.2) is 0 Å². The lowest BCUT2D eigenvalue weighted by atomic mass is 10.0. The van der Waals surface area contributed by atoms with E-state index < -0.39 is 0 Å². The van der Waals surface area contributed by atoms with Gasteiger partial charge in [0.25, 0.3) is 0 Å². The summed E-state index contributed by atoms with van der Waals surface area (Å²) in [6.07, 6.45) is 2.66. The molecule has 0 radical (unpaired) electrons. The van der Waals surface area contributed by atoms with Crippen LogP contribution in [0.1, 0.15) is 18.4 Å². The molecule has 0 amide bonds. The third-order valence-corrected chi connectivity index (χ3v) is 5.15. The fourth-order valence-electron chi connectivity index (χ4n) is 2.92. The van der Waals surface area contributed by atoms with Crippen LogP contribution in [0.3, 0.4) is 0 Å². The molecule has 1 spiro atoms. The summed E-state index contributed by atoms with van der Waals surface area (Å²) in [4.78, 5) is 2.97. The first kappa shape index (κ1) is 11.6. The number of rotatable bonds is 2. The molecule has 92 valence electrons. The molecule has 0 aliphatic carbocycles. The zero-order valence-electron chi connectivity index (χ0n) is 10.2. The Morgan fingerprint density at radius 3 is 2.94 bits per heavy atom. The normalized spacial score (nSPS) is 29.9. The third-order valence-electron chi connectivity index (χ3n) is 3.71. The quantitative estimate of drug-likeness (QED) is 0.864. The van der Waals surface area contributed by atoms with Gasteiger partial charge in [-0.15, -0.1) is 11.8 Å². The van der Waals surface area contributed by atoms with E-state index in [0.29, 0.717) is 4.87 Å². The van der Waals surface area contributed by atoms with E-state index in [2.05, 4.69) is 52.3 Å². The average Bonchev–Trinajstić information content (AvgIpc) is 2.79. The average molecular weight is 248 g/mol. The molecule has 17 heavy (non-hydrogen) atoms. The molecule has 2 saturated heterocycles. The van der Waals surface area contributed by atoms with Crippen LogP contribution >= 0.6 is 11.8 Å². The summed E-state index contributed by atoms with van der Waals surface area (Å²) in [5.74, 6) is 1.28.